The second-order valence-electron chi connectivity index (χ2n) is 5.36. The van der Waals surface area contributed by atoms with E-state index in [9.17, 15) is 14.4 Å². The molecule has 2 N–H and O–H groups in total. The third kappa shape index (κ3) is 3.34. The summed E-state index contributed by atoms with van der Waals surface area (Å²) in [4.78, 5) is 35.1. The summed E-state index contributed by atoms with van der Waals surface area (Å²) in [7, 11) is 0. The maximum absolute atomic E-state index is 11.8. The Morgan fingerprint density at radius 1 is 1.10 bits per heavy atom. The number of esters is 2. The van der Waals surface area contributed by atoms with Crippen molar-refractivity contribution in [1.82, 2.24) is 10.6 Å². The third-order valence-electron chi connectivity index (χ3n) is 3.76. The number of nitrogens with one attached hydrogen (secondary N) is 2. The minimum absolute atomic E-state index is 0.0728. The van der Waals surface area contributed by atoms with Crippen LogP contribution in [0.3, 0.4) is 0 Å². The lowest BCUT2D eigenvalue weighted by Gasteiger charge is -2.61. The fourth-order valence-corrected chi connectivity index (χ4v) is 2.67. The molecule has 0 aliphatic heterocycles. The van der Waals surface area contributed by atoms with E-state index in [2.05, 4.69) is 10.6 Å². The van der Waals surface area contributed by atoms with E-state index in [0.717, 1.165) is 31.4 Å². The topological polar surface area (TPSA) is 93.7 Å². The average molecular weight is 296 g/mol. The van der Waals surface area contributed by atoms with Crippen LogP contribution in [0.15, 0.2) is 11.8 Å². The van der Waals surface area contributed by atoms with Gasteiger partial charge in [0.2, 0.25) is 0 Å². The van der Waals surface area contributed by atoms with Gasteiger partial charge in [-0.1, -0.05) is 0 Å². The summed E-state index contributed by atoms with van der Waals surface area (Å²) in [6, 6.07) is -0.431. The van der Waals surface area contributed by atoms with Crippen molar-refractivity contribution < 1.29 is 23.9 Å². The second kappa shape index (κ2) is 6.15. The molecule has 0 saturated heterocycles. The van der Waals surface area contributed by atoms with Crippen molar-refractivity contribution in [3.8, 4) is 0 Å². The number of ether oxygens (including phenoxy) is 2. The zero-order valence-corrected chi connectivity index (χ0v) is 12.2. The van der Waals surface area contributed by atoms with Gasteiger partial charge in [0.05, 0.1) is 13.2 Å². The molecule has 3 aliphatic rings. The SMILES string of the molecule is CCOC(=O)C(=CNC(=O)NC12CC(C1)C2)C(=O)OCC. The first kappa shape index (κ1) is 15.3. The number of rotatable bonds is 6. The van der Waals surface area contributed by atoms with Crippen LogP contribution in [0.5, 0.6) is 0 Å². The monoisotopic (exact) mass is 296 g/mol. The maximum Gasteiger partial charge on any atom is 0.347 e. The molecule has 0 aromatic rings. The molecule has 3 aliphatic carbocycles. The largest absolute Gasteiger partial charge is 0.462 e. The fourth-order valence-electron chi connectivity index (χ4n) is 2.67. The Morgan fingerprint density at radius 3 is 2.00 bits per heavy atom. The molecule has 2 bridgehead atoms. The van der Waals surface area contributed by atoms with Crippen LogP contribution in [0.25, 0.3) is 0 Å². The van der Waals surface area contributed by atoms with Crippen LogP contribution in [-0.4, -0.2) is 36.7 Å². The van der Waals surface area contributed by atoms with Gasteiger partial charge in [0.15, 0.2) is 5.57 Å². The molecule has 0 heterocycles. The van der Waals surface area contributed by atoms with Gasteiger partial charge in [-0.15, -0.1) is 0 Å². The van der Waals surface area contributed by atoms with Crippen LogP contribution in [0.1, 0.15) is 33.1 Å². The molecule has 3 fully saturated rings. The summed E-state index contributed by atoms with van der Waals surface area (Å²) in [6.45, 7) is 3.52. The molecule has 0 aromatic carbocycles. The Labute approximate surface area is 123 Å². The van der Waals surface area contributed by atoms with E-state index in [-0.39, 0.29) is 24.3 Å². The van der Waals surface area contributed by atoms with Gasteiger partial charge in [-0.25, -0.2) is 14.4 Å². The van der Waals surface area contributed by atoms with Crippen LogP contribution in [-0.2, 0) is 19.1 Å². The molecule has 21 heavy (non-hydrogen) atoms. The lowest BCUT2D eigenvalue weighted by Crippen LogP contribution is -2.69. The number of carbonyl (C=O) groups is 3. The van der Waals surface area contributed by atoms with E-state index in [1.54, 1.807) is 13.8 Å². The standard InChI is InChI=1S/C14H20N2O5/c1-3-20-11(17)10(12(18)21-4-2)8-15-13(19)16-14-5-9(6-14)7-14/h8-9H,3-7H2,1-2H3,(H2,15,16,19). The van der Waals surface area contributed by atoms with Crippen molar-refractivity contribution in [3.05, 3.63) is 11.8 Å². The molecule has 2 amide bonds. The van der Waals surface area contributed by atoms with E-state index < -0.39 is 18.0 Å². The fraction of sp³-hybridized carbons (Fsp3) is 0.643. The predicted octanol–water partition coefficient (Wildman–Crippen LogP) is 0.848. The van der Waals surface area contributed by atoms with Crippen molar-refractivity contribution in [3.63, 3.8) is 0 Å². The Hall–Kier alpha value is -2.05. The summed E-state index contributed by atoms with van der Waals surface area (Å²) >= 11 is 0. The third-order valence-corrected chi connectivity index (χ3v) is 3.76. The highest BCUT2D eigenvalue weighted by atomic mass is 16.6. The molecule has 0 spiro atoms. The van der Waals surface area contributed by atoms with Gasteiger partial charge in [-0.05, 0) is 39.0 Å². The first-order chi connectivity index (χ1) is 9.99. The Morgan fingerprint density at radius 2 is 1.62 bits per heavy atom. The second-order valence-corrected chi connectivity index (χ2v) is 5.36. The molecule has 3 rings (SSSR count). The number of amides is 2. The van der Waals surface area contributed by atoms with Crippen LogP contribution in [0.4, 0.5) is 4.79 Å². The van der Waals surface area contributed by atoms with Crippen LogP contribution < -0.4 is 10.6 Å². The van der Waals surface area contributed by atoms with Crippen molar-refractivity contribution in [1.29, 1.82) is 0 Å². The zero-order valence-electron chi connectivity index (χ0n) is 12.2. The van der Waals surface area contributed by atoms with E-state index in [1.807, 2.05) is 0 Å². The van der Waals surface area contributed by atoms with Gasteiger partial charge in [-0.2, -0.15) is 0 Å². The van der Waals surface area contributed by atoms with Crippen molar-refractivity contribution >= 4 is 18.0 Å². The molecule has 0 atom stereocenters. The van der Waals surface area contributed by atoms with Crippen molar-refractivity contribution in [2.45, 2.75) is 38.6 Å². The summed E-state index contributed by atoms with van der Waals surface area (Å²) < 4.78 is 9.53. The van der Waals surface area contributed by atoms with Crippen LogP contribution in [0, 0.1) is 5.92 Å². The first-order valence-corrected chi connectivity index (χ1v) is 7.12. The highest BCUT2D eigenvalue weighted by molar-refractivity contribution is 6.14. The van der Waals surface area contributed by atoms with Gasteiger partial charge in [-0.3, -0.25) is 0 Å². The van der Waals surface area contributed by atoms with E-state index in [4.69, 9.17) is 9.47 Å². The Kier molecular flexibility index (Phi) is 4.50. The molecule has 0 radical (unpaired) electrons. The first-order valence-electron chi connectivity index (χ1n) is 7.12. The van der Waals surface area contributed by atoms with Crippen LogP contribution in [0.2, 0.25) is 0 Å². The van der Waals surface area contributed by atoms with E-state index in [1.165, 1.54) is 0 Å². The number of carbonyl (C=O) groups excluding carboxylic acids is 3. The minimum atomic E-state index is -0.818. The smallest absolute Gasteiger partial charge is 0.347 e. The normalized spacial score (nSPS) is 24.8. The molecule has 0 aromatic heterocycles. The van der Waals surface area contributed by atoms with Gasteiger partial charge in [0.25, 0.3) is 0 Å². The highest BCUT2D eigenvalue weighted by Gasteiger charge is 2.57. The molecular formula is C14H20N2O5. The quantitative estimate of drug-likeness (QED) is 0.328. The Bertz CT molecular complexity index is 449. The molecule has 3 saturated carbocycles. The lowest BCUT2D eigenvalue weighted by atomic mass is 9.50. The number of urea groups is 1. The summed E-state index contributed by atoms with van der Waals surface area (Å²) in [5.74, 6) is -0.890. The van der Waals surface area contributed by atoms with E-state index >= 15 is 0 Å². The van der Waals surface area contributed by atoms with Crippen molar-refractivity contribution in [2.24, 2.45) is 5.92 Å². The highest BCUT2D eigenvalue weighted by Crippen LogP contribution is 2.56. The predicted molar refractivity (Wildman–Crippen MR) is 73.1 cm³/mol. The van der Waals surface area contributed by atoms with Gasteiger partial charge in [0, 0.05) is 11.7 Å². The molecule has 7 nitrogen and oxygen atoms in total. The molecule has 116 valence electrons. The van der Waals surface area contributed by atoms with Gasteiger partial charge in [0.1, 0.15) is 0 Å². The minimum Gasteiger partial charge on any atom is -0.462 e. The average Bonchev–Trinajstić information content (AvgIpc) is 2.33. The summed E-state index contributed by atoms with van der Waals surface area (Å²) in [5, 5.41) is 5.25. The summed E-state index contributed by atoms with van der Waals surface area (Å²) in [6.07, 6.45) is 4.06. The maximum atomic E-state index is 11.8. The lowest BCUT2D eigenvalue weighted by molar-refractivity contribution is -0.146. The zero-order chi connectivity index (χ0) is 15.5. The molecule has 7 heteroatoms. The van der Waals surface area contributed by atoms with Gasteiger partial charge >= 0.3 is 18.0 Å². The summed E-state index contributed by atoms with van der Waals surface area (Å²) in [5.41, 5.74) is -0.400. The number of hydrogen-bond acceptors (Lipinski definition) is 5. The number of hydrogen-bond donors (Lipinski definition) is 2. The Balaban J connectivity index is 1.92. The molecule has 0 unspecified atom stereocenters. The molecular weight excluding hydrogens is 276 g/mol. The van der Waals surface area contributed by atoms with Crippen molar-refractivity contribution in [2.75, 3.05) is 13.2 Å². The van der Waals surface area contributed by atoms with Crippen LogP contribution >= 0.6 is 0 Å². The van der Waals surface area contributed by atoms with E-state index in [0.29, 0.717) is 0 Å². The van der Waals surface area contributed by atoms with Gasteiger partial charge < -0.3 is 20.1 Å².